The Bertz CT molecular complexity index is 980. The number of carbonyl (C=O) groups excluding carboxylic acids is 2. The van der Waals surface area contributed by atoms with E-state index in [0.717, 1.165) is 25.7 Å². The number of hydrogen-bond acceptors (Lipinski definition) is 7. The largest absolute Gasteiger partial charge is 0.472 e. The van der Waals surface area contributed by atoms with Crippen molar-refractivity contribution in [3.8, 4) is 0 Å². The predicted molar refractivity (Wildman–Crippen MR) is 224 cm³/mol. The SMILES string of the molecule is CCCCCCCCCCCCC/C=C\CCC(=O)OC[C@H](COP(=O)(O)OCC[N+](C)(C)C)OC(=O)CC/C=C\CCCCCCCCCCCCC. The number of allylic oxidation sites excluding steroid dienone is 4. The van der Waals surface area contributed by atoms with E-state index >= 15 is 0 Å². The number of unbranched alkanes of at least 4 members (excludes halogenated alkanes) is 22. The molecule has 1 unspecified atom stereocenters. The third kappa shape index (κ3) is 40.2. The number of nitrogens with zero attached hydrogens (tertiary/aromatic N) is 1. The second-order valence-electron chi connectivity index (χ2n) is 16.1. The highest BCUT2D eigenvalue weighted by Gasteiger charge is 2.27. The normalized spacial score (nSPS) is 13.8. The summed E-state index contributed by atoms with van der Waals surface area (Å²) in [6.45, 7) is 4.35. The molecule has 0 spiro atoms. The van der Waals surface area contributed by atoms with E-state index in [0.29, 0.717) is 23.9 Å². The summed E-state index contributed by atoms with van der Waals surface area (Å²) in [4.78, 5) is 35.3. The van der Waals surface area contributed by atoms with E-state index in [1.54, 1.807) is 0 Å². The molecule has 0 aliphatic carbocycles. The molecule has 0 bridgehead atoms. The van der Waals surface area contributed by atoms with Crippen molar-refractivity contribution in [3.63, 3.8) is 0 Å². The first-order valence-electron chi connectivity index (χ1n) is 22.1. The first kappa shape index (κ1) is 52.5. The van der Waals surface area contributed by atoms with E-state index in [1.165, 1.54) is 128 Å². The fraction of sp³-hybridized carbons (Fsp3) is 0.864. The molecule has 0 rings (SSSR count). The summed E-state index contributed by atoms with van der Waals surface area (Å²) in [6.07, 6.45) is 39.6. The number of phosphoric ester groups is 1. The van der Waals surface area contributed by atoms with Gasteiger partial charge in [-0.3, -0.25) is 18.6 Å². The molecule has 0 aliphatic heterocycles. The van der Waals surface area contributed by atoms with E-state index in [4.69, 9.17) is 18.5 Å². The Morgan fingerprint density at radius 3 is 1.37 bits per heavy atom. The monoisotopic (exact) mass is 787 g/mol. The van der Waals surface area contributed by atoms with Crippen LogP contribution in [0.1, 0.15) is 194 Å². The van der Waals surface area contributed by atoms with Crippen LogP contribution in [0.3, 0.4) is 0 Å². The van der Waals surface area contributed by atoms with Gasteiger partial charge in [-0.2, -0.15) is 0 Å². The summed E-state index contributed by atoms with van der Waals surface area (Å²) in [6, 6.07) is 0. The summed E-state index contributed by atoms with van der Waals surface area (Å²) < 4.78 is 34.2. The number of hydrogen-bond donors (Lipinski definition) is 1. The molecule has 9 nitrogen and oxygen atoms in total. The fourth-order valence-electron chi connectivity index (χ4n) is 5.99. The zero-order valence-electron chi connectivity index (χ0n) is 35.7. The van der Waals surface area contributed by atoms with Crippen LogP contribution < -0.4 is 0 Å². The average Bonchev–Trinajstić information content (AvgIpc) is 3.12. The zero-order chi connectivity index (χ0) is 40.0. The summed E-state index contributed by atoms with van der Waals surface area (Å²) in [5, 5.41) is 0. The smallest absolute Gasteiger partial charge is 0.462 e. The summed E-state index contributed by atoms with van der Waals surface area (Å²) in [5.41, 5.74) is 0. The van der Waals surface area contributed by atoms with Crippen LogP contribution in [0.5, 0.6) is 0 Å². The standard InChI is InChI=1S/C44H84NO8P/c1-6-8-10-12-14-16-18-20-22-24-26-28-30-32-34-36-43(46)50-40-42(41-52-54(48,49)51-39-38-45(3,4)5)53-44(47)37-35-33-31-29-27-25-23-21-19-17-15-13-11-9-7-2/h30-33,42H,6-29,34-41H2,1-5H3/p+1/b32-30-,33-31-/t42-/m1/s1. The maximum Gasteiger partial charge on any atom is 0.472 e. The third-order valence-electron chi connectivity index (χ3n) is 9.48. The second-order valence-corrected chi connectivity index (χ2v) is 17.5. The molecule has 0 heterocycles. The molecule has 0 radical (unpaired) electrons. The van der Waals surface area contributed by atoms with Gasteiger partial charge in [0, 0.05) is 12.8 Å². The number of ether oxygens (including phenoxy) is 2. The van der Waals surface area contributed by atoms with Gasteiger partial charge < -0.3 is 18.9 Å². The number of quaternary nitrogens is 1. The minimum absolute atomic E-state index is 0.0228. The summed E-state index contributed by atoms with van der Waals surface area (Å²) >= 11 is 0. The Morgan fingerprint density at radius 1 is 0.556 bits per heavy atom. The predicted octanol–water partition coefficient (Wildman–Crippen LogP) is 12.4. The number of phosphoric acid groups is 1. The van der Waals surface area contributed by atoms with Gasteiger partial charge >= 0.3 is 19.8 Å². The molecule has 0 aliphatic rings. The topological polar surface area (TPSA) is 108 Å². The van der Waals surface area contributed by atoms with E-state index in [1.807, 2.05) is 33.3 Å². The minimum Gasteiger partial charge on any atom is -0.462 e. The van der Waals surface area contributed by atoms with Crippen molar-refractivity contribution in [3.05, 3.63) is 24.3 Å². The van der Waals surface area contributed by atoms with E-state index in [-0.39, 0.29) is 26.1 Å². The Kier molecular flexibility index (Phi) is 36.1. The van der Waals surface area contributed by atoms with Crippen molar-refractivity contribution in [2.24, 2.45) is 0 Å². The maximum absolute atomic E-state index is 12.6. The van der Waals surface area contributed by atoms with Gasteiger partial charge in [0.1, 0.15) is 19.8 Å². The molecule has 2 atom stereocenters. The molecule has 1 N–H and O–H groups in total. The molecule has 0 amide bonds. The number of carbonyl (C=O) groups is 2. The van der Waals surface area contributed by atoms with Crippen molar-refractivity contribution in [1.82, 2.24) is 0 Å². The molecular weight excluding hydrogens is 701 g/mol. The molecule has 0 aromatic carbocycles. The van der Waals surface area contributed by atoms with Crippen LogP contribution in [0.25, 0.3) is 0 Å². The highest BCUT2D eigenvalue weighted by molar-refractivity contribution is 7.47. The van der Waals surface area contributed by atoms with Crippen LogP contribution in [-0.4, -0.2) is 74.9 Å². The van der Waals surface area contributed by atoms with Crippen molar-refractivity contribution in [2.75, 3.05) is 47.5 Å². The van der Waals surface area contributed by atoms with E-state index < -0.39 is 32.5 Å². The van der Waals surface area contributed by atoms with Gasteiger partial charge in [0.2, 0.25) is 0 Å². The fourth-order valence-corrected chi connectivity index (χ4v) is 6.73. The Balaban J connectivity index is 4.43. The third-order valence-corrected chi connectivity index (χ3v) is 10.5. The molecule has 10 heteroatoms. The minimum atomic E-state index is -4.39. The van der Waals surface area contributed by atoms with Gasteiger partial charge in [0.15, 0.2) is 6.10 Å². The van der Waals surface area contributed by atoms with Gasteiger partial charge in [-0.05, 0) is 38.5 Å². The lowest BCUT2D eigenvalue weighted by molar-refractivity contribution is -0.870. The van der Waals surface area contributed by atoms with Gasteiger partial charge in [0.25, 0.3) is 0 Å². The van der Waals surface area contributed by atoms with Crippen LogP contribution in [0.15, 0.2) is 24.3 Å². The van der Waals surface area contributed by atoms with Crippen LogP contribution in [0.2, 0.25) is 0 Å². The molecule has 0 saturated heterocycles. The van der Waals surface area contributed by atoms with Crippen LogP contribution >= 0.6 is 7.82 Å². The molecule has 0 aromatic rings. The first-order chi connectivity index (χ1) is 26.0. The quantitative estimate of drug-likeness (QED) is 0.0215. The highest BCUT2D eigenvalue weighted by Crippen LogP contribution is 2.43. The van der Waals surface area contributed by atoms with Crippen LogP contribution in [0.4, 0.5) is 0 Å². The van der Waals surface area contributed by atoms with Crippen LogP contribution in [0, 0.1) is 0 Å². The highest BCUT2D eigenvalue weighted by atomic mass is 31.2. The first-order valence-corrected chi connectivity index (χ1v) is 23.6. The van der Waals surface area contributed by atoms with Gasteiger partial charge in [-0.25, -0.2) is 4.57 Å². The lowest BCUT2D eigenvalue weighted by Gasteiger charge is -2.24. The van der Waals surface area contributed by atoms with Crippen molar-refractivity contribution < 1.29 is 42.1 Å². The van der Waals surface area contributed by atoms with E-state index in [2.05, 4.69) is 26.0 Å². The van der Waals surface area contributed by atoms with Gasteiger partial charge in [-0.15, -0.1) is 0 Å². The molecular formula is C44H85NO8P+. The Morgan fingerprint density at radius 2 is 0.944 bits per heavy atom. The lowest BCUT2D eigenvalue weighted by atomic mass is 10.1. The van der Waals surface area contributed by atoms with Gasteiger partial charge in [0.05, 0.1) is 27.7 Å². The molecule has 0 fully saturated rings. The number of rotatable bonds is 40. The number of esters is 2. The van der Waals surface area contributed by atoms with Gasteiger partial charge in [-0.1, -0.05) is 167 Å². The van der Waals surface area contributed by atoms with Crippen molar-refractivity contribution in [1.29, 1.82) is 0 Å². The van der Waals surface area contributed by atoms with Crippen LogP contribution in [-0.2, 0) is 32.7 Å². The lowest BCUT2D eigenvalue weighted by Crippen LogP contribution is -2.37. The maximum atomic E-state index is 12.6. The van der Waals surface area contributed by atoms with Crippen molar-refractivity contribution in [2.45, 2.75) is 200 Å². The molecule has 0 aromatic heterocycles. The molecule has 0 saturated carbocycles. The Hall–Kier alpha value is -1.51. The van der Waals surface area contributed by atoms with Crippen molar-refractivity contribution >= 4 is 19.8 Å². The summed E-state index contributed by atoms with van der Waals surface area (Å²) in [5.74, 6) is -0.907. The molecule has 318 valence electrons. The summed E-state index contributed by atoms with van der Waals surface area (Å²) in [7, 11) is 1.45. The number of likely N-dealkylation sites (N-methyl/N-ethyl adjacent to an activating group) is 1. The second kappa shape index (κ2) is 37.1. The van der Waals surface area contributed by atoms with E-state index in [9.17, 15) is 19.0 Å². The average molecular weight is 787 g/mol. The molecule has 54 heavy (non-hydrogen) atoms. The zero-order valence-corrected chi connectivity index (χ0v) is 36.6. The Labute approximate surface area is 332 Å².